The van der Waals surface area contributed by atoms with Crippen LogP contribution in [-0.2, 0) is 7.05 Å². The van der Waals surface area contributed by atoms with Gasteiger partial charge in [-0.15, -0.1) is 0 Å². The van der Waals surface area contributed by atoms with Crippen molar-refractivity contribution in [3.63, 3.8) is 0 Å². The highest BCUT2D eigenvalue weighted by atomic mass is 35.5. The molecule has 0 amide bonds. The summed E-state index contributed by atoms with van der Waals surface area (Å²) >= 11 is 12.0. The van der Waals surface area contributed by atoms with Gasteiger partial charge in [-0.2, -0.15) is 9.97 Å². The van der Waals surface area contributed by atoms with Crippen LogP contribution >= 0.6 is 23.2 Å². The van der Waals surface area contributed by atoms with Crippen molar-refractivity contribution >= 4 is 35.0 Å². The Balaban J connectivity index is 2.13. The minimum atomic E-state index is -0.507. The van der Waals surface area contributed by atoms with Gasteiger partial charge in [-0.3, -0.25) is 4.57 Å². The van der Waals surface area contributed by atoms with Gasteiger partial charge >= 0.3 is 5.69 Å². The maximum Gasteiger partial charge on any atom is 0.352 e. The fraction of sp³-hybridized carbons (Fsp3) is 0.0667. The fourth-order valence-electron chi connectivity index (χ4n) is 2.05. The summed E-state index contributed by atoms with van der Waals surface area (Å²) in [5.41, 5.74) is 0.106. The molecule has 3 aromatic rings. The average molecular weight is 363 g/mol. The quantitative estimate of drug-likeness (QED) is 0.568. The Bertz CT molecular complexity index is 944. The van der Waals surface area contributed by atoms with Gasteiger partial charge in [0.1, 0.15) is 11.6 Å². The number of aromatic nitrogens is 4. The van der Waals surface area contributed by atoms with E-state index in [1.807, 2.05) is 0 Å². The van der Waals surface area contributed by atoms with E-state index in [-0.39, 0.29) is 5.95 Å². The molecule has 0 bridgehead atoms. The number of hydrogen-bond donors (Lipinski definition) is 1. The molecule has 0 spiro atoms. The Labute approximate surface area is 147 Å². The van der Waals surface area contributed by atoms with E-state index in [1.165, 1.54) is 4.57 Å². The highest BCUT2D eigenvalue weighted by Crippen LogP contribution is 2.27. The van der Waals surface area contributed by atoms with Gasteiger partial charge in [0.05, 0.1) is 10.0 Å². The smallest absolute Gasteiger partial charge is 0.279 e. The van der Waals surface area contributed by atoms with E-state index >= 15 is 0 Å². The number of pyridine rings is 1. The number of nitrogens with two attached hydrogens (primary N) is 1. The Morgan fingerprint density at radius 1 is 1.12 bits per heavy atom. The summed E-state index contributed by atoms with van der Waals surface area (Å²) in [6.07, 6.45) is 1.58. The molecule has 0 fully saturated rings. The fourth-order valence-corrected chi connectivity index (χ4v) is 2.34. The first-order chi connectivity index (χ1) is 11.5. The molecule has 0 aliphatic rings. The molecule has 24 heavy (non-hydrogen) atoms. The van der Waals surface area contributed by atoms with Crippen LogP contribution in [-0.4, -0.2) is 19.5 Å². The summed E-state index contributed by atoms with van der Waals surface area (Å²) in [5.74, 6) is 6.78. The second-order valence-corrected chi connectivity index (χ2v) is 5.69. The zero-order chi connectivity index (χ0) is 17.3. The Morgan fingerprint density at radius 3 is 2.58 bits per heavy atom. The number of anilines is 2. The first-order valence-electron chi connectivity index (χ1n) is 6.83. The van der Waals surface area contributed by atoms with E-state index in [0.29, 0.717) is 27.3 Å². The first-order valence-corrected chi connectivity index (χ1v) is 7.59. The second kappa shape index (κ2) is 6.56. The Morgan fingerprint density at radius 2 is 1.92 bits per heavy atom. The monoisotopic (exact) mass is 362 g/mol. The van der Waals surface area contributed by atoms with Crippen molar-refractivity contribution in [3.05, 3.63) is 63.1 Å². The Hall–Kier alpha value is -2.48. The van der Waals surface area contributed by atoms with E-state index in [9.17, 15) is 4.79 Å². The highest BCUT2D eigenvalue weighted by Gasteiger charge is 2.15. The Kier molecular flexibility index (Phi) is 4.48. The number of nitrogens with zero attached hydrogens (tertiary/aromatic N) is 5. The minimum absolute atomic E-state index is 0.0258. The molecule has 2 aromatic heterocycles. The van der Waals surface area contributed by atoms with Crippen LogP contribution in [0.4, 0.5) is 11.8 Å². The van der Waals surface area contributed by atoms with Crippen molar-refractivity contribution in [3.8, 4) is 11.4 Å². The van der Waals surface area contributed by atoms with Crippen molar-refractivity contribution in [1.29, 1.82) is 0 Å². The van der Waals surface area contributed by atoms with Gasteiger partial charge in [-0.25, -0.2) is 20.6 Å². The van der Waals surface area contributed by atoms with Gasteiger partial charge in [0.15, 0.2) is 0 Å². The van der Waals surface area contributed by atoms with Crippen LogP contribution in [0.5, 0.6) is 0 Å². The van der Waals surface area contributed by atoms with Crippen LogP contribution in [0, 0.1) is 0 Å². The number of halogens is 2. The van der Waals surface area contributed by atoms with Crippen molar-refractivity contribution in [2.45, 2.75) is 0 Å². The summed E-state index contributed by atoms with van der Waals surface area (Å²) < 4.78 is 1.30. The SMILES string of the molecule is Cn1c(-c2ccc(Cl)c(Cl)c2)nc(N(N)c2ccccn2)nc1=O. The molecule has 0 aliphatic carbocycles. The molecule has 0 saturated carbocycles. The number of hydrogen-bond acceptors (Lipinski definition) is 6. The van der Waals surface area contributed by atoms with Gasteiger partial charge in [-0.1, -0.05) is 29.3 Å². The zero-order valence-electron chi connectivity index (χ0n) is 12.5. The molecule has 3 rings (SSSR count). The van der Waals surface area contributed by atoms with Crippen molar-refractivity contribution in [2.24, 2.45) is 12.9 Å². The number of benzene rings is 1. The zero-order valence-corrected chi connectivity index (χ0v) is 14.0. The van der Waals surface area contributed by atoms with E-state index in [2.05, 4.69) is 15.0 Å². The average Bonchev–Trinajstić information content (AvgIpc) is 2.60. The van der Waals surface area contributed by atoms with Gasteiger partial charge in [-0.05, 0) is 30.3 Å². The molecule has 7 nitrogen and oxygen atoms in total. The van der Waals surface area contributed by atoms with Crippen LogP contribution in [0.2, 0.25) is 10.0 Å². The standard InChI is InChI=1S/C15H12Cl2N6O/c1-22-13(9-5-6-10(16)11(17)8-9)20-14(21-15(22)24)23(18)12-4-2-3-7-19-12/h2-8H,18H2,1H3. The van der Waals surface area contributed by atoms with Gasteiger partial charge in [0.2, 0.25) is 0 Å². The van der Waals surface area contributed by atoms with Gasteiger partial charge in [0.25, 0.3) is 5.95 Å². The molecule has 0 radical (unpaired) electrons. The third kappa shape index (κ3) is 3.09. The lowest BCUT2D eigenvalue weighted by Crippen LogP contribution is -2.33. The summed E-state index contributed by atoms with van der Waals surface area (Å²) in [7, 11) is 1.56. The molecule has 9 heteroatoms. The van der Waals surface area contributed by atoms with E-state index in [4.69, 9.17) is 29.0 Å². The lowest BCUT2D eigenvalue weighted by atomic mass is 10.2. The number of hydrazine groups is 1. The third-order valence-corrected chi connectivity index (χ3v) is 4.03. The topological polar surface area (TPSA) is 89.9 Å². The summed E-state index contributed by atoms with van der Waals surface area (Å²) in [6, 6.07) is 10.2. The molecule has 0 unspecified atom stereocenters. The van der Waals surface area contributed by atoms with Crippen LogP contribution in [0.15, 0.2) is 47.4 Å². The van der Waals surface area contributed by atoms with Crippen LogP contribution in [0.25, 0.3) is 11.4 Å². The number of rotatable bonds is 3. The van der Waals surface area contributed by atoms with Crippen LogP contribution in [0.1, 0.15) is 0 Å². The van der Waals surface area contributed by atoms with E-state index < -0.39 is 5.69 Å². The molecule has 0 atom stereocenters. The lowest BCUT2D eigenvalue weighted by Gasteiger charge is -2.16. The molecule has 122 valence electrons. The summed E-state index contributed by atoms with van der Waals surface area (Å²) in [4.78, 5) is 24.5. The second-order valence-electron chi connectivity index (χ2n) is 4.88. The van der Waals surface area contributed by atoms with Crippen LogP contribution in [0.3, 0.4) is 0 Å². The highest BCUT2D eigenvalue weighted by molar-refractivity contribution is 6.42. The molecule has 1 aromatic carbocycles. The molecular weight excluding hydrogens is 351 g/mol. The molecule has 0 aliphatic heterocycles. The van der Waals surface area contributed by atoms with Gasteiger partial charge in [0, 0.05) is 18.8 Å². The predicted molar refractivity (Wildman–Crippen MR) is 93.3 cm³/mol. The first kappa shape index (κ1) is 16.4. The molecule has 2 N–H and O–H groups in total. The van der Waals surface area contributed by atoms with Crippen molar-refractivity contribution in [2.75, 3.05) is 5.01 Å². The normalized spacial score (nSPS) is 10.7. The molecular formula is C15H12Cl2N6O. The van der Waals surface area contributed by atoms with Gasteiger partial charge < -0.3 is 0 Å². The molecule has 2 heterocycles. The summed E-state index contributed by atoms with van der Waals surface area (Å²) in [5, 5.41) is 1.91. The van der Waals surface area contributed by atoms with E-state index in [1.54, 1.807) is 49.6 Å². The third-order valence-electron chi connectivity index (χ3n) is 3.30. The summed E-state index contributed by atoms with van der Waals surface area (Å²) in [6.45, 7) is 0. The van der Waals surface area contributed by atoms with Crippen molar-refractivity contribution in [1.82, 2.24) is 19.5 Å². The molecule has 0 saturated heterocycles. The maximum atomic E-state index is 12.2. The maximum absolute atomic E-state index is 12.2. The largest absolute Gasteiger partial charge is 0.352 e. The lowest BCUT2D eigenvalue weighted by molar-refractivity contribution is 0.770. The minimum Gasteiger partial charge on any atom is -0.279 e. The van der Waals surface area contributed by atoms with E-state index in [0.717, 1.165) is 5.01 Å². The van der Waals surface area contributed by atoms with Crippen LogP contribution < -0.4 is 16.5 Å². The predicted octanol–water partition coefficient (Wildman–Crippen LogP) is 2.56. The van der Waals surface area contributed by atoms with Crippen molar-refractivity contribution < 1.29 is 0 Å².